The molecule has 2 aromatic heterocycles. The number of piperidine rings is 1. The zero-order valence-electron chi connectivity index (χ0n) is 14.6. The van der Waals surface area contributed by atoms with Gasteiger partial charge in [0.25, 0.3) is 0 Å². The van der Waals surface area contributed by atoms with E-state index < -0.39 is 0 Å². The lowest BCUT2D eigenvalue weighted by molar-refractivity contribution is -0.134. The number of carbonyl (C=O) groups is 1. The number of amides is 1. The van der Waals surface area contributed by atoms with Crippen LogP contribution in [0, 0.1) is 0 Å². The van der Waals surface area contributed by atoms with Gasteiger partial charge in [0.15, 0.2) is 0 Å². The lowest BCUT2D eigenvalue weighted by Gasteiger charge is -2.36. The van der Waals surface area contributed by atoms with Gasteiger partial charge in [-0.2, -0.15) is 0 Å². The molecular weight excluding hydrogens is 310 g/mol. The van der Waals surface area contributed by atoms with Crippen molar-refractivity contribution in [2.75, 3.05) is 6.54 Å². The molecule has 0 saturated carbocycles. The van der Waals surface area contributed by atoms with Gasteiger partial charge < -0.3 is 9.47 Å². The van der Waals surface area contributed by atoms with Crippen molar-refractivity contribution in [1.29, 1.82) is 0 Å². The molecule has 3 heterocycles. The first-order valence-corrected chi connectivity index (χ1v) is 8.96. The number of nitrogens with zero attached hydrogens (tertiary/aromatic N) is 3. The number of carbonyl (C=O) groups excluding carboxylic acids is 1. The first-order valence-electron chi connectivity index (χ1n) is 8.96. The van der Waals surface area contributed by atoms with Crippen LogP contribution < -0.4 is 0 Å². The molecule has 0 aliphatic carbocycles. The van der Waals surface area contributed by atoms with Gasteiger partial charge in [-0.25, -0.2) is 0 Å². The normalized spacial score (nSPS) is 17.8. The second kappa shape index (κ2) is 6.71. The average molecular weight is 333 g/mol. The monoisotopic (exact) mass is 333 g/mol. The van der Waals surface area contributed by atoms with Crippen molar-refractivity contribution in [2.45, 2.75) is 31.7 Å². The quantitative estimate of drug-likeness (QED) is 0.730. The van der Waals surface area contributed by atoms with Gasteiger partial charge in [-0.1, -0.05) is 24.3 Å². The largest absolute Gasteiger partial charge is 0.350 e. The number of fused-ring (bicyclic) bond motifs is 1. The Hall–Kier alpha value is -2.62. The van der Waals surface area contributed by atoms with E-state index in [0.29, 0.717) is 6.42 Å². The summed E-state index contributed by atoms with van der Waals surface area (Å²) in [7, 11) is 2.04. The minimum Gasteiger partial charge on any atom is -0.350 e. The van der Waals surface area contributed by atoms with Gasteiger partial charge in [-0.15, -0.1) is 0 Å². The fourth-order valence-corrected chi connectivity index (χ4v) is 3.98. The zero-order valence-corrected chi connectivity index (χ0v) is 14.6. The minimum atomic E-state index is 0.157. The molecule has 1 amide bonds. The fourth-order valence-electron chi connectivity index (χ4n) is 3.98. The summed E-state index contributed by atoms with van der Waals surface area (Å²) in [5, 5.41) is 1.17. The topological polar surface area (TPSA) is 38.1 Å². The van der Waals surface area contributed by atoms with Crippen molar-refractivity contribution >= 4 is 16.8 Å². The number of aryl methyl sites for hydroxylation is 1. The molecule has 128 valence electrons. The molecule has 0 bridgehead atoms. The zero-order chi connectivity index (χ0) is 17.2. The van der Waals surface area contributed by atoms with E-state index in [2.05, 4.69) is 38.8 Å². The fraction of sp³-hybridized carbons (Fsp3) is 0.333. The summed E-state index contributed by atoms with van der Waals surface area (Å²) >= 11 is 0. The summed E-state index contributed by atoms with van der Waals surface area (Å²) in [6.45, 7) is 0.836. The van der Waals surface area contributed by atoms with Crippen LogP contribution in [0.5, 0.6) is 0 Å². The number of hydrogen-bond acceptors (Lipinski definition) is 2. The third kappa shape index (κ3) is 3.04. The van der Waals surface area contributed by atoms with E-state index in [0.717, 1.165) is 36.9 Å². The molecule has 1 aliphatic heterocycles. The average Bonchev–Trinajstić information content (AvgIpc) is 2.98. The van der Waals surface area contributed by atoms with Gasteiger partial charge in [0.05, 0.1) is 12.5 Å². The standard InChI is InChI=1S/C21H23N3O/c1-23-15-17(18-8-2-3-10-20(18)23)13-21(25)24-12-5-4-9-19(24)16-7-6-11-22-14-16/h2-3,6-8,10-11,14-15,19H,4-5,9,12-13H2,1H3/t19-/m1/s1. The summed E-state index contributed by atoms with van der Waals surface area (Å²) in [4.78, 5) is 19.4. The van der Waals surface area contributed by atoms with E-state index in [1.165, 1.54) is 10.9 Å². The Kier molecular flexibility index (Phi) is 4.26. The van der Waals surface area contributed by atoms with Crippen molar-refractivity contribution in [3.63, 3.8) is 0 Å². The van der Waals surface area contributed by atoms with Crippen molar-refractivity contribution in [2.24, 2.45) is 7.05 Å². The SMILES string of the molecule is Cn1cc(CC(=O)N2CCCC[C@@H]2c2cccnc2)c2ccccc21. The van der Waals surface area contributed by atoms with Crippen molar-refractivity contribution in [3.05, 3.63) is 66.1 Å². The maximum Gasteiger partial charge on any atom is 0.227 e. The maximum atomic E-state index is 13.1. The summed E-state index contributed by atoms with van der Waals surface area (Å²) in [6.07, 6.45) is 9.50. The van der Waals surface area contributed by atoms with Gasteiger partial charge in [0.1, 0.15) is 0 Å². The number of para-hydroxylation sites is 1. The first-order chi connectivity index (χ1) is 12.2. The van der Waals surface area contributed by atoms with Gasteiger partial charge in [0.2, 0.25) is 5.91 Å². The van der Waals surface area contributed by atoms with Crippen LogP contribution in [0.4, 0.5) is 0 Å². The summed E-state index contributed by atoms with van der Waals surface area (Å²) in [5.41, 5.74) is 3.43. The van der Waals surface area contributed by atoms with Gasteiger partial charge in [-0.05, 0) is 42.5 Å². The minimum absolute atomic E-state index is 0.157. The molecule has 1 saturated heterocycles. The number of hydrogen-bond donors (Lipinski definition) is 0. The van der Waals surface area contributed by atoms with Crippen molar-refractivity contribution < 1.29 is 4.79 Å². The molecule has 1 atom stereocenters. The van der Waals surface area contributed by atoms with Crippen LogP contribution in [-0.4, -0.2) is 26.9 Å². The Morgan fingerprint density at radius 3 is 2.92 bits per heavy atom. The van der Waals surface area contributed by atoms with Crippen molar-refractivity contribution in [3.8, 4) is 0 Å². The van der Waals surface area contributed by atoms with E-state index in [1.807, 2.05) is 31.4 Å². The molecule has 0 unspecified atom stereocenters. The van der Waals surface area contributed by atoms with E-state index in [-0.39, 0.29) is 11.9 Å². The highest BCUT2D eigenvalue weighted by Gasteiger charge is 2.28. The Labute approximate surface area is 148 Å². The van der Waals surface area contributed by atoms with Crippen LogP contribution in [0.3, 0.4) is 0 Å². The summed E-state index contributed by atoms with van der Waals surface area (Å²) in [5.74, 6) is 0.213. The Morgan fingerprint density at radius 2 is 2.08 bits per heavy atom. The van der Waals surface area contributed by atoms with Crippen LogP contribution in [0.1, 0.15) is 36.4 Å². The summed E-state index contributed by atoms with van der Waals surface area (Å²) in [6, 6.07) is 12.5. The maximum absolute atomic E-state index is 13.1. The molecule has 1 aliphatic rings. The van der Waals surface area contributed by atoms with Gasteiger partial charge in [-0.3, -0.25) is 9.78 Å². The van der Waals surface area contributed by atoms with Crippen LogP contribution in [0.15, 0.2) is 55.0 Å². The molecule has 4 heteroatoms. The van der Waals surface area contributed by atoms with Crippen LogP contribution in [0.25, 0.3) is 10.9 Å². The Bertz CT molecular complexity index is 885. The predicted octanol–water partition coefficient (Wildman–Crippen LogP) is 3.87. The molecular formula is C21H23N3O. The second-order valence-corrected chi connectivity index (χ2v) is 6.84. The van der Waals surface area contributed by atoms with Crippen LogP contribution in [-0.2, 0) is 18.3 Å². The molecule has 0 spiro atoms. The van der Waals surface area contributed by atoms with Crippen LogP contribution in [0.2, 0.25) is 0 Å². The number of rotatable bonds is 3. The van der Waals surface area contributed by atoms with E-state index in [4.69, 9.17) is 0 Å². The molecule has 1 fully saturated rings. The number of likely N-dealkylation sites (tertiary alicyclic amines) is 1. The van der Waals surface area contributed by atoms with E-state index in [1.54, 1.807) is 6.20 Å². The number of benzene rings is 1. The highest BCUT2D eigenvalue weighted by atomic mass is 16.2. The first kappa shape index (κ1) is 15.9. The molecule has 0 N–H and O–H groups in total. The third-order valence-electron chi connectivity index (χ3n) is 5.21. The summed E-state index contributed by atoms with van der Waals surface area (Å²) < 4.78 is 2.10. The Morgan fingerprint density at radius 1 is 1.20 bits per heavy atom. The molecule has 25 heavy (non-hydrogen) atoms. The van der Waals surface area contributed by atoms with Crippen LogP contribution >= 0.6 is 0 Å². The lowest BCUT2D eigenvalue weighted by Crippen LogP contribution is -2.39. The molecule has 3 aromatic rings. The molecule has 0 radical (unpaired) electrons. The molecule has 4 nitrogen and oxygen atoms in total. The van der Waals surface area contributed by atoms with Crippen molar-refractivity contribution in [1.82, 2.24) is 14.5 Å². The van der Waals surface area contributed by atoms with E-state index in [9.17, 15) is 4.79 Å². The predicted molar refractivity (Wildman–Crippen MR) is 99.2 cm³/mol. The van der Waals surface area contributed by atoms with Gasteiger partial charge >= 0.3 is 0 Å². The van der Waals surface area contributed by atoms with E-state index >= 15 is 0 Å². The number of aromatic nitrogens is 2. The smallest absolute Gasteiger partial charge is 0.227 e. The van der Waals surface area contributed by atoms with Gasteiger partial charge in [0, 0.05) is 43.1 Å². The second-order valence-electron chi connectivity index (χ2n) is 6.84. The lowest BCUT2D eigenvalue weighted by atomic mass is 9.95. The molecule has 1 aromatic carbocycles. The highest BCUT2D eigenvalue weighted by molar-refractivity contribution is 5.89. The highest BCUT2D eigenvalue weighted by Crippen LogP contribution is 2.31. The number of pyridine rings is 1. The molecule has 4 rings (SSSR count). The third-order valence-corrected chi connectivity index (χ3v) is 5.21. The Balaban J connectivity index is 1.60.